The Hall–Kier alpha value is -1.72. The summed E-state index contributed by atoms with van der Waals surface area (Å²) in [7, 11) is -3.30. The van der Waals surface area contributed by atoms with E-state index in [1.807, 2.05) is 43.3 Å². The lowest BCUT2D eigenvalue weighted by molar-refractivity contribution is 0.566. The minimum absolute atomic E-state index is 0.0849. The van der Waals surface area contributed by atoms with E-state index in [9.17, 15) is 8.42 Å². The van der Waals surface area contributed by atoms with Crippen molar-refractivity contribution in [3.05, 3.63) is 66.0 Å². The number of benzene rings is 1. The molecule has 0 bridgehead atoms. The fourth-order valence-corrected chi connectivity index (χ4v) is 3.22. The van der Waals surface area contributed by atoms with Crippen molar-refractivity contribution < 1.29 is 8.42 Å². The quantitative estimate of drug-likeness (QED) is 0.888. The van der Waals surface area contributed by atoms with E-state index < -0.39 is 10.0 Å². The van der Waals surface area contributed by atoms with E-state index >= 15 is 0 Å². The van der Waals surface area contributed by atoms with Crippen LogP contribution in [0.1, 0.15) is 24.1 Å². The smallest absolute Gasteiger partial charge is 0.212 e. The number of aryl methyl sites for hydroxylation is 1. The summed E-state index contributed by atoms with van der Waals surface area (Å²) in [5.74, 6) is 0.0849. The van der Waals surface area contributed by atoms with Crippen LogP contribution < -0.4 is 4.72 Å². The summed E-state index contributed by atoms with van der Waals surface area (Å²) in [6, 6.07) is 13.0. The zero-order chi connectivity index (χ0) is 14.4. The summed E-state index contributed by atoms with van der Waals surface area (Å²) in [4.78, 5) is 3.99. The van der Waals surface area contributed by atoms with E-state index in [1.165, 1.54) is 0 Å². The van der Waals surface area contributed by atoms with E-state index in [0.29, 0.717) is 6.42 Å². The van der Waals surface area contributed by atoms with Crippen LogP contribution >= 0.6 is 0 Å². The van der Waals surface area contributed by atoms with Gasteiger partial charge in [0.05, 0.1) is 5.75 Å². The number of nitrogens with zero attached hydrogens (tertiary/aromatic N) is 1. The van der Waals surface area contributed by atoms with Crippen LogP contribution in [0.15, 0.2) is 54.9 Å². The lowest BCUT2D eigenvalue weighted by Crippen LogP contribution is -2.29. The zero-order valence-corrected chi connectivity index (χ0v) is 12.2. The summed E-state index contributed by atoms with van der Waals surface area (Å²) in [6.45, 7) is 1.82. The van der Waals surface area contributed by atoms with Crippen LogP contribution in [-0.2, 0) is 16.4 Å². The van der Waals surface area contributed by atoms with Gasteiger partial charge in [-0.3, -0.25) is 4.98 Å². The zero-order valence-electron chi connectivity index (χ0n) is 11.4. The first-order chi connectivity index (χ1) is 9.57. The van der Waals surface area contributed by atoms with Crippen molar-refractivity contribution in [2.24, 2.45) is 0 Å². The Balaban J connectivity index is 1.94. The molecule has 0 aliphatic carbocycles. The summed E-state index contributed by atoms with van der Waals surface area (Å²) in [5, 5.41) is 0. The molecule has 20 heavy (non-hydrogen) atoms. The van der Waals surface area contributed by atoms with Crippen LogP contribution in [0.3, 0.4) is 0 Å². The molecule has 1 heterocycles. The van der Waals surface area contributed by atoms with Gasteiger partial charge in [-0.1, -0.05) is 36.4 Å². The maximum Gasteiger partial charge on any atom is 0.212 e. The fourth-order valence-electron chi connectivity index (χ4n) is 1.93. The van der Waals surface area contributed by atoms with Gasteiger partial charge in [0.1, 0.15) is 0 Å². The van der Waals surface area contributed by atoms with Crippen LogP contribution in [0, 0.1) is 0 Å². The van der Waals surface area contributed by atoms with Crippen LogP contribution in [0.4, 0.5) is 0 Å². The first-order valence-corrected chi connectivity index (χ1v) is 8.16. The van der Waals surface area contributed by atoms with E-state index in [4.69, 9.17) is 0 Å². The minimum atomic E-state index is -3.30. The molecule has 2 rings (SSSR count). The van der Waals surface area contributed by atoms with Gasteiger partial charge in [-0.15, -0.1) is 0 Å². The van der Waals surface area contributed by atoms with Crippen LogP contribution in [-0.4, -0.2) is 19.2 Å². The Morgan fingerprint density at radius 3 is 2.55 bits per heavy atom. The molecule has 0 amide bonds. The van der Waals surface area contributed by atoms with Gasteiger partial charge in [-0.2, -0.15) is 0 Å². The van der Waals surface area contributed by atoms with Crippen LogP contribution in [0.25, 0.3) is 0 Å². The Bertz CT molecular complexity index is 627. The van der Waals surface area contributed by atoms with Gasteiger partial charge in [0, 0.05) is 18.4 Å². The van der Waals surface area contributed by atoms with Crippen molar-refractivity contribution in [2.45, 2.75) is 19.4 Å². The number of aromatic nitrogens is 1. The van der Waals surface area contributed by atoms with Crippen LogP contribution in [0.5, 0.6) is 0 Å². The molecular weight excluding hydrogens is 272 g/mol. The highest BCUT2D eigenvalue weighted by Gasteiger charge is 2.15. The van der Waals surface area contributed by atoms with Crippen molar-refractivity contribution in [3.63, 3.8) is 0 Å². The highest BCUT2D eigenvalue weighted by atomic mass is 32.2. The molecule has 0 aliphatic rings. The second kappa shape index (κ2) is 6.63. The topological polar surface area (TPSA) is 59.1 Å². The minimum Gasteiger partial charge on any atom is -0.264 e. The predicted molar refractivity (Wildman–Crippen MR) is 79.7 cm³/mol. The summed E-state index contributed by atoms with van der Waals surface area (Å²) in [5.41, 5.74) is 1.88. The molecule has 5 heteroatoms. The Morgan fingerprint density at radius 2 is 1.90 bits per heavy atom. The number of rotatable bonds is 6. The van der Waals surface area contributed by atoms with Crippen molar-refractivity contribution in [1.29, 1.82) is 0 Å². The number of sulfonamides is 1. The third-order valence-electron chi connectivity index (χ3n) is 3.04. The molecule has 2 aromatic rings. The predicted octanol–water partition coefficient (Wildman–Crippen LogP) is 2.30. The summed E-state index contributed by atoms with van der Waals surface area (Å²) in [6.07, 6.45) is 3.85. The average molecular weight is 290 g/mol. The second-order valence-electron chi connectivity index (χ2n) is 4.68. The molecule has 4 nitrogen and oxygen atoms in total. The molecule has 1 N–H and O–H groups in total. The van der Waals surface area contributed by atoms with Gasteiger partial charge < -0.3 is 0 Å². The number of pyridine rings is 1. The highest BCUT2D eigenvalue weighted by Crippen LogP contribution is 2.12. The first kappa shape index (κ1) is 14.7. The highest BCUT2D eigenvalue weighted by molar-refractivity contribution is 7.89. The molecule has 0 fully saturated rings. The first-order valence-electron chi connectivity index (χ1n) is 6.51. The van der Waals surface area contributed by atoms with Crippen molar-refractivity contribution in [3.8, 4) is 0 Å². The lowest BCUT2D eigenvalue weighted by atomic mass is 10.2. The second-order valence-corrected chi connectivity index (χ2v) is 6.55. The van der Waals surface area contributed by atoms with E-state index in [2.05, 4.69) is 9.71 Å². The maximum atomic E-state index is 12.1. The monoisotopic (exact) mass is 290 g/mol. The third kappa shape index (κ3) is 4.43. The molecule has 0 aliphatic heterocycles. The van der Waals surface area contributed by atoms with Gasteiger partial charge in [-0.25, -0.2) is 13.1 Å². The van der Waals surface area contributed by atoms with Crippen LogP contribution in [0.2, 0.25) is 0 Å². The Morgan fingerprint density at radius 1 is 1.15 bits per heavy atom. The molecule has 106 valence electrons. The molecular formula is C15H18N2O2S. The molecule has 0 spiro atoms. The van der Waals surface area contributed by atoms with E-state index in [-0.39, 0.29) is 11.8 Å². The standard InChI is InChI=1S/C15H18N2O2S/c1-13(15-8-5-10-16-12-15)17-20(18,19)11-9-14-6-3-2-4-7-14/h2-8,10,12-13,17H,9,11H2,1H3. The average Bonchev–Trinajstić information content (AvgIpc) is 2.47. The molecule has 1 aromatic heterocycles. The summed E-state index contributed by atoms with van der Waals surface area (Å²) < 4.78 is 26.8. The van der Waals surface area contributed by atoms with Gasteiger partial charge >= 0.3 is 0 Å². The van der Waals surface area contributed by atoms with Crippen molar-refractivity contribution >= 4 is 10.0 Å². The maximum absolute atomic E-state index is 12.1. The fraction of sp³-hybridized carbons (Fsp3) is 0.267. The lowest BCUT2D eigenvalue weighted by Gasteiger charge is -2.14. The Kier molecular flexibility index (Phi) is 4.87. The Labute approximate surface area is 119 Å². The SMILES string of the molecule is CC(NS(=O)(=O)CCc1ccccc1)c1cccnc1. The van der Waals surface area contributed by atoms with Gasteiger partial charge in [0.25, 0.3) is 0 Å². The van der Waals surface area contributed by atoms with E-state index in [0.717, 1.165) is 11.1 Å². The molecule has 0 saturated heterocycles. The molecule has 1 unspecified atom stereocenters. The van der Waals surface area contributed by atoms with Crippen molar-refractivity contribution in [1.82, 2.24) is 9.71 Å². The molecule has 1 aromatic carbocycles. The van der Waals surface area contributed by atoms with E-state index in [1.54, 1.807) is 18.5 Å². The third-order valence-corrected chi connectivity index (χ3v) is 4.50. The molecule has 0 radical (unpaired) electrons. The number of nitrogens with one attached hydrogen (secondary N) is 1. The molecule has 0 saturated carbocycles. The van der Waals surface area contributed by atoms with Gasteiger partial charge in [0.15, 0.2) is 0 Å². The normalized spacial score (nSPS) is 13.1. The largest absolute Gasteiger partial charge is 0.264 e. The number of hydrogen-bond donors (Lipinski definition) is 1. The summed E-state index contributed by atoms with van der Waals surface area (Å²) >= 11 is 0. The van der Waals surface area contributed by atoms with Gasteiger partial charge in [-0.05, 0) is 30.5 Å². The molecule has 1 atom stereocenters. The van der Waals surface area contributed by atoms with Gasteiger partial charge in [0.2, 0.25) is 10.0 Å². The number of hydrogen-bond acceptors (Lipinski definition) is 3. The van der Waals surface area contributed by atoms with Crippen molar-refractivity contribution in [2.75, 3.05) is 5.75 Å².